The highest BCUT2D eigenvalue weighted by Gasteiger charge is 2.32. The Morgan fingerprint density at radius 2 is 1.86 bits per heavy atom. The molecule has 0 saturated carbocycles. The van der Waals surface area contributed by atoms with Crippen LogP contribution in [0, 0.1) is 5.41 Å². The lowest BCUT2D eigenvalue weighted by molar-refractivity contribution is -0.00847. The maximum Gasteiger partial charge on any atom is 0.193 e. The first-order valence-corrected chi connectivity index (χ1v) is 8.12. The molecule has 2 aliphatic heterocycles. The van der Waals surface area contributed by atoms with Crippen LogP contribution in [0.4, 0.5) is 0 Å². The van der Waals surface area contributed by atoms with E-state index in [1.165, 1.54) is 6.42 Å². The molecule has 0 atom stereocenters. The van der Waals surface area contributed by atoms with Crippen LogP contribution in [-0.4, -0.2) is 74.3 Å². The zero-order valence-electron chi connectivity index (χ0n) is 14.8. The molecular formula is C16H33IN4O. The molecule has 0 amide bonds. The minimum absolute atomic E-state index is 0. The molecule has 0 spiro atoms. The van der Waals surface area contributed by atoms with Crippen LogP contribution in [0.1, 0.15) is 34.1 Å². The standard InChI is InChI=1S/C16H32N4O.HI/c1-15(2)6-7-19(13-15)14(17-5)18-12-16(3,4)20-8-10-21-11-9-20;/h6-13H2,1-5H3,(H,17,18);1H. The van der Waals surface area contributed by atoms with Gasteiger partial charge in [0.25, 0.3) is 0 Å². The maximum absolute atomic E-state index is 5.45. The first kappa shape index (κ1) is 20.0. The lowest BCUT2D eigenvalue weighted by atomic mass is 9.93. The number of rotatable bonds is 3. The van der Waals surface area contributed by atoms with Crippen molar-refractivity contribution in [2.24, 2.45) is 10.4 Å². The normalized spacial score (nSPS) is 23.3. The van der Waals surface area contributed by atoms with Crippen molar-refractivity contribution in [2.75, 3.05) is 53.0 Å². The Bertz CT molecular complexity index is 378. The summed E-state index contributed by atoms with van der Waals surface area (Å²) in [4.78, 5) is 9.36. The van der Waals surface area contributed by atoms with E-state index in [9.17, 15) is 0 Å². The second kappa shape index (κ2) is 8.15. The maximum atomic E-state index is 5.45. The summed E-state index contributed by atoms with van der Waals surface area (Å²) in [6, 6.07) is 0. The summed E-state index contributed by atoms with van der Waals surface area (Å²) < 4.78 is 5.45. The molecule has 2 fully saturated rings. The summed E-state index contributed by atoms with van der Waals surface area (Å²) in [5.41, 5.74) is 0.520. The highest BCUT2D eigenvalue weighted by molar-refractivity contribution is 14.0. The molecule has 0 radical (unpaired) electrons. The van der Waals surface area contributed by atoms with Crippen molar-refractivity contribution >= 4 is 29.9 Å². The van der Waals surface area contributed by atoms with E-state index in [1.807, 2.05) is 7.05 Å². The van der Waals surface area contributed by atoms with Gasteiger partial charge in [-0.1, -0.05) is 13.8 Å². The number of nitrogens with one attached hydrogen (secondary N) is 1. The number of hydrogen-bond donors (Lipinski definition) is 1. The van der Waals surface area contributed by atoms with Gasteiger partial charge in [-0.2, -0.15) is 0 Å². The van der Waals surface area contributed by atoms with Gasteiger partial charge >= 0.3 is 0 Å². The van der Waals surface area contributed by atoms with Gasteiger partial charge in [0.2, 0.25) is 0 Å². The molecule has 2 saturated heterocycles. The molecule has 5 nitrogen and oxygen atoms in total. The summed E-state index contributed by atoms with van der Waals surface area (Å²) in [5.74, 6) is 1.04. The van der Waals surface area contributed by atoms with Crippen molar-refractivity contribution in [1.29, 1.82) is 0 Å². The van der Waals surface area contributed by atoms with Gasteiger partial charge in [0.15, 0.2) is 5.96 Å². The third kappa shape index (κ3) is 5.23. The molecule has 0 aromatic heterocycles. The number of hydrogen-bond acceptors (Lipinski definition) is 3. The predicted octanol–water partition coefficient (Wildman–Crippen LogP) is 2.02. The fourth-order valence-electron chi connectivity index (χ4n) is 3.20. The molecule has 2 heterocycles. The Balaban J connectivity index is 0.00000242. The summed E-state index contributed by atoms with van der Waals surface area (Å²) in [5, 5.41) is 3.58. The molecule has 0 aromatic carbocycles. The minimum atomic E-state index is 0. The first-order valence-electron chi connectivity index (χ1n) is 8.12. The average molecular weight is 424 g/mol. The number of halogens is 1. The number of ether oxygens (including phenoxy) is 1. The monoisotopic (exact) mass is 424 g/mol. The molecule has 22 heavy (non-hydrogen) atoms. The van der Waals surface area contributed by atoms with Crippen molar-refractivity contribution < 1.29 is 4.74 Å². The molecule has 130 valence electrons. The summed E-state index contributed by atoms with van der Waals surface area (Å²) >= 11 is 0. The Kier molecular flexibility index (Phi) is 7.39. The van der Waals surface area contributed by atoms with E-state index in [0.717, 1.165) is 51.9 Å². The summed E-state index contributed by atoms with van der Waals surface area (Å²) in [6.45, 7) is 16.1. The van der Waals surface area contributed by atoms with Gasteiger partial charge in [0, 0.05) is 45.3 Å². The lowest BCUT2D eigenvalue weighted by Gasteiger charge is -2.41. The molecular weight excluding hydrogens is 391 g/mol. The largest absolute Gasteiger partial charge is 0.379 e. The molecule has 6 heteroatoms. The average Bonchev–Trinajstić information content (AvgIpc) is 2.81. The van der Waals surface area contributed by atoms with E-state index in [0.29, 0.717) is 5.41 Å². The van der Waals surface area contributed by atoms with Crippen LogP contribution in [0.15, 0.2) is 4.99 Å². The van der Waals surface area contributed by atoms with Gasteiger partial charge in [-0.15, -0.1) is 24.0 Å². The van der Waals surface area contributed by atoms with Crippen LogP contribution in [0.2, 0.25) is 0 Å². The van der Waals surface area contributed by atoms with Crippen molar-refractivity contribution in [1.82, 2.24) is 15.1 Å². The zero-order chi connectivity index (χ0) is 15.5. The molecule has 0 unspecified atom stereocenters. The third-order valence-electron chi connectivity index (χ3n) is 4.73. The number of nitrogens with zero attached hydrogens (tertiary/aromatic N) is 3. The highest BCUT2D eigenvalue weighted by Crippen LogP contribution is 2.28. The van der Waals surface area contributed by atoms with Crippen molar-refractivity contribution in [3.63, 3.8) is 0 Å². The molecule has 0 bridgehead atoms. The number of likely N-dealkylation sites (tertiary alicyclic amines) is 1. The van der Waals surface area contributed by atoms with Gasteiger partial charge in [0.1, 0.15) is 0 Å². The van der Waals surface area contributed by atoms with E-state index in [2.05, 4.69) is 47.8 Å². The lowest BCUT2D eigenvalue weighted by Crippen LogP contribution is -2.56. The molecule has 2 aliphatic rings. The summed E-state index contributed by atoms with van der Waals surface area (Å²) in [6.07, 6.45) is 1.24. The molecule has 1 N–H and O–H groups in total. The molecule has 0 aromatic rings. The highest BCUT2D eigenvalue weighted by atomic mass is 127. The Morgan fingerprint density at radius 3 is 2.36 bits per heavy atom. The zero-order valence-corrected chi connectivity index (χ0v) is 17.1. The molecule has 2 rings (SSSR count). The van der Waals surface area contributed by atoms with Gasteiger partial charge in [-0.25, -0.2) is 0 Å². The second-order valence-corrected chi connectivity index (χ2v) is 7.65. The second-order valence-electron chi connectivity index (χ2n) is 7.65. The van der Waals surface area contributed by atoms with Crippen molar-refractivity contribution in [2.45, 2.75) is 39.7 Å². The van der Waals surface area contributed by atoms with Gasteiger partial charge in [-0.3, -0.25) is 9.89 Å². The van der Waals surface area contributed by atoms with Crippen molar-refractivity contribution in [3.05, 3.63) is 0 Å². The minimum Gasteiger partial charge on any atom is -0.379 e. The number of morpholine rings is 1. The SMILES string of the molecule is CN=C(NCC(C)(C)N1CCOCC1)N1CCC(C)(C)C1.I. The van der Waals surface area contributed by atoms with E-state index in [-0.39, 0.29) is 29.5 Å². The van der Waals surface area contributed by atoms with E-state index >= 15 is 0 Å². The van der Waals surface area contributed by atoms with Crippen LogP contribution in [0.3, 0.4) is 0 Å². The van der Waals surface area contributed by atoms with Crippen LogP contribution in [0.5, 0.6) is 0 Å². The first-order chi connectivity index (χ1) is 9.84. The van der Waals surface area contributed by atoms with E-state index in [1.54, 1.807) is 0 Å². The predicted molar refractivity (Wildman–Crippen MR) is 103 cm³/mol. The Labute approximate surface area is 152 Å². The smallest absolute Gasteiger partial charge is 0.193 e. The fourth-order valence-corrected chi connectivity index (χ4v) is 3.20. The molecule has 0 aliphatic carbocycles. The number of guanidine groups is 1. The van der Waals surface area contributed by atoms with E-state index < -0.39 is 0 Å². The van der Waals surface area contributed by atoms with Crippen LogP contribution >= 0.6 is 24.0 Å². The number of aliphatic imine (C=N–C) groups is 1. The van der Waals surface area contributed by atoms with Crippen LogP contribution < -0.4 is 5.32 Å². The van der Waals surface area contributed by atoms with Crippen LogP contribution in [0.25, 0.3) is 0 Å². The van der Waals surface area contributed by atoms with Gasteiger partial charge in [-0.05, 0) is 25.7 Å². The van der Waals surface area contributed by atoms with Gasteiger partial charge in [0.05, 0.1) is 13.2 Å². The topological polar surface area (TPSA) is 40.1 Å². The van der Waals surface area contributed by atoms with E-state index in [4.69, 9.17) is 4.74 Å². The van der Waals surface area contributed by atoms with Crippen LogP contribution in [-0.2, 0) is 4.74 Å². The third-order valence-corrected chi connectivity index (χ3v) is 4.73. The van der Waals surface area contributed by atoms with Crippen molar-refractivity contribution in [3.8, 4) is 0 Å². The Hall–Kier alpha value is -0.0800. The summed E-state index contributed by atoms with van der Waals surface area (Å²) in [7, 11) is 1.88. The quantitative estimate of drug-likeness (QED) is 0.428. The van der Waals surface area contributed by atoms with Gasteiger partial charge < -0.3 is 15.0 Å². The fraction of sp³-hybridized carbons (Fsp3) is 0.938. The Morgan fingerprint density at radius 1 is 1.23 bits per heavy atom.